The number of ether oxygens (including phenoxy) is 2. The van der Waals surface area contributed by atoms with Gasteiger partial charge >= 0.3 is 5.97 Å². The summed E-state index contributed by atoms with van der Waals surface area (Å²) in [5.41, 5.74) is 4.18. The maximum Gasteiger partial charge on any atom is 0.340 e. The number of carbonyl (C=O) groups excluding carboxylic acids is 1. The Hall–Kier alpha value is -2.67. The van der Waals surface area contributed by atoms with Crippen molar-refractivity contribution in [1.29, 1.82) is 0 Å². The van der Waals surface area contributed by atoms with Gasteiger partial charge in [-0.2, -0.15) is 0 Å². The van der Waals surface area contributed by atoms with Crippen LogP contribution in [0.4, 0.5) is 11.5 Å². The molecule has 38 heavy (non-hydrogen) atoms. The van der Waals surface area contributed by atoms with E-state index in [1.165, 1.54) is 0 Å². The van der Waals surface area contributed by atoms with Gasteiger partial charge in [-0.3, -0.25) is 4.98 Å². The maximum absolute atomic E-state index is 13.5. The fraction of sp³-hybridized carbons (Fsp3) is 0.645. The number of aromatic nitrogens is 2. The van der Waals surface area contributed by atoms with Crippen LogP contribution in [-0.2, 0) is 14.3 Å². The first kappa shape index (κ1) is 29.9. The summed E-state index contributed by atoms with van der Waals surface area (Å²) in [7, 11) is 0. The Morgan fingerprint density at radius 1 is 1.08 bits per heavy atom. The molecule has 3 heterocycles. The number of esters is 1. The molecule has 0 spiro atoms. The van der Waals surface area contributed by atoms with Crippen molar-refractivity contribution in [2.75, 3.05) is 29.9 Å². The van der Waals surface area contributed by atoms with Crippen molar-refractivity contribution in [2.24, 2.45) is 11.3 Å². The van der Waals surface area contributed by atoms with Gasteiger partial charge in [-0.25, -0.2) is 9.78 Å². The van der Waals surface area contributed by atoms with Gasteiger partial charge < -0.3 is 19.7 Å². The van der Waals surface area contributed by atoms with E-state index in [0.717, 1.165) is 66.4 Å². The molecule has 0 bridgehead atoms. The number of nitrogens with zero attached hydrogens (tertiary/aromatic N) is 3. The van der Waals surface area contributed by atoms with Gasteiger partial charge in [-0.15, -0.1) is 0 Å². The molecule has 0 radical (unpaired) electrons. The Bertz CT molecular complexity index is 1080. The molecule has 0 aromatic carbocycles. The predicted molar refractivity (Wildman–Crippen MR) is 156 cm³/mol. The van der Waals surface area contributed by atoms with Crippen molar-refractivity contribution >= 4 is 17.5 Å². The zero-order chi connectivity index (χ0) is 28.3. The van der Waals surface area contributed by atoms with Crippen LogP contribution in [0.1, 0.15) is 92.5 Å². The Kier molecular flexibility index (Phi) is 9.45. The molecule has 1 aliphatic heterocycles. The number of anilines is 2. The Balaban J connectivity index is 2.17. The molecular weight excluding hydrogens is 476 g/mol. The minimum absolute atomic E-state index is 0.251. The number of nitrogens with one attached hydrogen (secondary N) is 1. The maximum atomic E-state index is 13.5. The summed E-state index contributed by atoms with van der Waals surface area (Å²) in [6, 6.07) is 4.09. The molecule has 7 heteroatoms. The summed E-state index contributed by atoms with van der Waals surface area (Å²) in [5, 5.41) is 3.39. The first-order valence-corrected chi connectivity index (χ1v) is 14.0. The van der Waals surface area contributed by atoms with E-state index < -0.39 is 11.7 Å². The summed E-state index contributed by atoms with van der Waals surface area (Å²) in [4.78, 5) is 25.4. The van der Waals surface area contributed by atoms with E-state index in [-0.39, 0.29) is 17.5 Å². The number of piperidine rings is 1. The molecule has 3 rings (SSSR count). The molecule has 0 amide bonds. The monoisotopic (exact) mass is 524 g/mol. The smallest absolute Gasteiger partial charge is 0.340 e. The molecular formula is C31H48N4O3. The normalized spacial score (nSPS) is 16.6. The van der Waals surface area contributed by atoms with Crippen LogP contribution in [0, 0.1) is 18.3 Å². The van der Waals surface area contributed by atoms with Crippen molar-refractivity contribution < 1.29 is 14.3 Å². The van der Waals surface area contributed by atoms with Crippen LogP contribution in [0.15, 0.2) is 24.5 Å². The molecule has 1 fully saturated rings. The van der Waals surface area contributed by atoms with Crippen LogP contribution in [0.5, 0.6) is 0 Å². The van der Waals surface area contributed by atoms with Gasteiger partial charge in [0.15, 0.2) is 6.10 Å². The quantitative estimate of drug-likeness (QED) is 0.356. The largest absolute Gasteiger partial charge is 0.461 e. The van der Waals surface area contributed by atoms with E-state index in [1.807, 2.05) is 60.0 Å². The lowest BCUT2D eigenvalue weighted by atomic mass is 9.82. The van der Waals surface area contributed by atoms with Crippen LogP contribution in [0.2, 0.25) is 0 Å². The molecule has 1 aliphatic rings. The van der Waals surface area contributed by atoms with Crippen molar-refractivity contribution in [3.05, 3.63) is 35.8 Å². The van der Waals surface area contributed by atoms with Crippen molar-refractivity contribution in [1.82, 2.24) is 9.97 Å². The highest BCUT2D eigenvalue weighted by Crippen LogP contribution is 2.43. The van der Waals surface area contributed by atoms with Gasteiger partial charge in [0, 0.05) is 54.4 Å². The first-order valence-electron chi connectivity index (χ1n) is 14.0. The highest BCUT2D eigenvalue weighted by Gasteiger charge is 2.37. The third kappa shape index (κ3) is 7.92. The minimum Gasteiger partial charge on any atom is -0.461 e. The topological polar surface area (TPSA) is 76.6 Å². The van der Waals surface area contributed by atoms with E-state index in [1.54, 1.807) is 0 Å². The summed E-state index contributed by atoms with van der Waals surface area (Å²) in [6.07, 6.45) is 4.78. The third-order valence-electron chi connectivity index (χ3n) is 6.79. The molecule has 1 saturated heterocycles. The number of hydrogen-bond donors (Lipinski definition) is 1. The van der Waals surface area contributed by atoms with E-state index in [4.69, 9.17) is 14.5 Å². The molecule has 210 valence electrons. The number of rotatable bonds is 9. The Labute approximate surface area is 229 Å². The van der Waals surface area contributed by atoms with Gasteiger partial charge in [0.1, 0.15) is 5.82 Å². The molecule has 2 aromatic rings. The predicted octanol–water partition coefficient (Wildman–Crippen LogP) is 6.95. The van der Waals surface area contributed by atoms with Crippen LogP contribution in [-0.4, -0.2) is 47.3 Å². The van der Waals surface area contributed by atoms with Crippen molar-refractivity contribution in [3.8, 4) is 11.1 Å². The summed E-state index contributed by atoms with van der Waals surface area (Å²) in [5.74, 6) is 0.987. The molecule has 0 aliphatic carbocycles. The lowest BCUT2D eigenvalue weighted by Crippen LogP contribution is -2.39. The summed E-state index contributed by atoms with van der Waals surface area (Å²) >= 11 is 0. The van der Waals surface area contributed by atoms with E-state index >= 15 is 0 Å². The molecule has 7 nitrogen and oxygen atoms in total. The first-order chi connectivity index (χ1) is 17.7. The van der Waals surface area contributed by atoms with Gasteiger partial charge in [0.25, 0.3) is 0 Å². The zero-order valence-corrected chi connectivity index (χ0v) is 25.1. The lowest BCUT2D eigenvalue weighted by Gasteiger charge is -2.41. The summed E-state index contributed by atoms with van der Waals surface area (Å²) < 4.78 is 12.2. The second kappa shape index (κ2) is 12.0. The number of carbonyl (C=O) groups is 1. The van der Waals surface area contributed by atoms with Crippen molar-refractivity contribution in [2.45, 2.75) is 99.9 Å². The zero-order valence-electron chi connectivity index (χ0n) is 25.1. The highest BCUT2D eigenvalue weighted by molar-refractivity contribution is 5.87. The van der Waals surface area contributed by atoms with Gasteiger partial charge in [-0.05, 0) is 77.8 Å². The van der Waals surface area contributed by atoms with Gasteiger partial charge in [-0.1, -0.05) is 27.7 Å². The standard InChI is InChI=1S/C31H48N4O3/c1-20(2)17-33-25-12-11-23(18-34-25)24-19-32-22(5)26(27(24)35-15-13-31(9,10)14-16-35)28(38-30(6,7)8)29(36)37-21(3)4/h11-12,18-21,28H,13-17H2,1-10H3,(H,33,34). The second-order valence-electron chi connectivity index (χ2n) is 13.0. The number of aryl methyl sites for hydroxylation is 1. The SMILES string of the molecule is Cc1ncc(-c2ccc(NCC(C)C)nc2)c(N2CCC(C)(C)CC2)c1C(OC(C)(C)C)C(=O)OC(C)C. The average Bonchev–Trinajstić information content (AvgIpc) is 2.81. The Morgan fingerprint density at radius 3 is 2.26 bits per heavy atom. The minimum atomic E-state index is -0.894. The number of hydrogen-bond acceptors (Lipinski definition) is 7. The van der Waals surface area contributed by atoms with E-state index in [9.17, 15) is 4.79 Å². The van der Waals surface area contributed by atoms with E-state index in [2.05, 4.69) is 49.0 Å². The van der Waals surface area contributed by atoms with Crippen LogP contribution in [0.25, 0.3) is 11.1 Å². The Morgan fingerprint density at radius 2 is 1.74 bits per heavy atom. The molecule has 2 aromatic heterocycles. The average molecular weight is 525 g/mol. The third-order valence-corrected chi connectivity index (χ3v) is 6.79. The summed E-state index contributed by atoms with van der Waals surface area (Å²) in [6.45, 7) is 23.2. The van der Waals surface area contributed by atoms with Crippen LogP contribution in [0.3, 0.4) is 0 Å². The molecule has 1 atom stereocenters. The molecule has 1 N–H and O–H groups in total. The molecule has 0 saturated carbocycles. The second-order valence-corrected chi connectivity index (χ2v) is 13.0. The molecule has 1 unspecified atom stereocenters. The fourth-order valence-electron chi connectivity index (χ4n) is 4.65. The fourth-order valence-corrected chi connectivity index (χ4v) is 4.65. The van der Waals surface area contributed by atoms with E-state index in [0.29, 0.717) is 5.92 Å². The van der Waals surface area contributed by atoms with Crippen molar-refractivity contribution in [3.63, 3.8) is 0 Å². The highest BCUT2D eigenvalue weighted by atomic mass is 16.6. The van der Waals surface area contributed by atoms with Gasteiger partial charge in [0.2, 0.25) is 0 Å². The lowest BCUT2D eigenvalue weighted by molar-refractivity contribution is -0.171. The van der Waals surface area contributed by atoms with Crippen LogP contribution >= 0.6 is 0 Å². The van der Waals surface area contributed by atoms with Gasteiger partial charge in [0.05, 0.1) is 17.4 Å². The number of pyridine rings is 2. The van der Waals surface area contributed by atoms with Crippen LogP contribution < -0.4 is 10.2 Å².